The Kier molecular flexibility index (Phi) is 4.50. The van der Waals surface area contributed by atoms with E-state index in [-0.39, 0.29) is 35.3 Å². The Morgan fingerprint density at radius 2 is 0.846 bits per heavy atom. The van der Waals surface area contributed by atoms with Gasteiger partial charge in [-0.3, -0.25) is 0 Å². The van der Waals surface area contributed by atoms with Gasteiger partial charge in [-0.25, -0.2) is 0 Å². The summed E-state index contributed by atoms with van der Waals surface area (Å²) in [4.78, 5) is 0. The van der Waals surface area contributed by atoms with Crippen molar-refractivity contribution in [1.82, 2.24) is 0 Å². The minimum atomic E-state index is -0.479. The number of fused-ring (bicyclic) bond motifs is 8. The van der Waals surface area contributed by atoms with Crippen molar-refractivity contribution in [2.45, 2.75) is 0 Å². The van der Waals surface area contributed by atoms with Crippen LogP contribution >= 0.6 is 0 Å². The zero-order valence-corrected chi connectivity index (χ0v) is 27.4. The van der Waals surface area contributed by atoms with Crippen LogP contribution in [-0.4, -0.2) is 0 Å². The van der Waals surface area contributed by atoms with E-state index in [0.29, 0.717) is 33.3 Å². The van der Waals surface area contributed by atoms with E-state index in [0.717, 1.165) is 65.5 Å². The van der Waals surface area contributed by atoms with Gasteiger partial charge in [0.05, 0.1) is 13.7 Å². The second-order valence-corrected chi connectivity index (χ2v) is 12.9. The summed E-state index contributed by atoms with van der Waals surface area (Å²) in [6.07, 6.45) is 0. The average Bonchev–Trinajstić information content (AvgIpc) is 3.86. The smallest absolute Gasteiger partial charge is 0.136 e. The Labute approximate surface area is 313 Å². The highest BCUT2D eigenvalue weighted by molar-refractivity contribution is 6.26. The molecule has 0 saturated heterocycles. The van der Waals surface area contributed by atoms with Crippen molar-refractivity contribution in [3.8, 4) is 44.5 Å². The Morgan fingerprint density at radius 3 is 1.56 bits per heavy atom. The molecule has 52 heavy (non-hydrogen) atoms. The summed E-state index contributed by atoms with van der Waals surface area (Å²) in [6.45, 7) is 0. The Morgan fingerprint density at radius 1 is 0.327 bits per heavy atom. The van der Waals surface area contributed by atoms with Gasteiger partial charge < -0.3 is 8.83 Å². The van der Waals surface area contributed by atoms with Crippen LogP contribution in [0.5, 0.6) is 0 Å². The number of rotatable bonds is 4. The molecule has 0 amide bonds. The Hall–Kier alpha value is -6.90. The molecule has 2 nitrogen and oxygen atoms in total. The first-order chi connectivity index (χ1) is 29.9. The molecule has 242 valence electrons. The van der Waals surface area contributed by atoms with E-state index in [1.807, 2.05) is 109 Å². The average molecular weight is 673 g/mol. The molecule has 0 fully saturated rings. The number of benzene rings is 9. The molecule has 0 aliphatic carbocycles. The summed E-state index contributed by atoms with van der Waals surface area (Å²) in [5.41, 5.74) is 6.84. The van der Waals surface area contributed by atoms with Crippen LogP contribution in [0.3, 0.4) is 0 Å². The fourth-order valence-corrected chi connectivity index (χ4v) is 7.79. The molecule has 0 radical (unpaired) electrons. The van der Waals surface area contributed by atoms with Crippen LogP contribution in [0.15, 0.2) is 191 Å². The van der Waals surface area contributed by atoms with Gasteiger partial charge in [-0.15, -0.1) is 0 Å². The first-order valence-electron chi connectivity index (χ1n) is 21.9. The summed E-state index contributed by atoms with van der Waals surface area (Å²) < 4.78 is 99.0. The maximum absolute atomic E-state index is 8.93. The minimum absolute atomic E-state index is 0.0673. The van der Waals surface area contributed by atoms with E-state index in [1.165, 1.54) is 0 Å². The van der Waals surface area contributed by atoms with Crippen molar-refractivity contribution in [3.05, 3.63) is 182 Å². The second-order valence-electron chi connectivity index (χ2n) is 12.9. The lowest BCUT2D eigenvalue weighted by atomic mass is 9.83. The zero-order valence-electron chi connectivity index (χ0n) is 37.4. The summed E-state index contributed by atoms with van der Waals surface area (Å²) in [5, 5.41) is 6.57. The van der Waals surface area contributed by atoms with Crippen molar-refractivity contribution < 1.29 is 22.5 Å². The highest BCUT2D eigenvalue weighted by Crippen LogP contribution is 2.49. The molecule has 11 aromatic rings. The van der Waals surface area contributed by atoms with Crippen LogP contribution in [0.4, 0.5) is 0 Å². The third-order valence-corrected chi connectivity index (χ3v) is 10.0. The van der Waals surface area contributed by atoms with E-state index in [9.17, 15) is 0 Å². The van der Waals surface area contributed by atoms with Crippen LogP contribution in [0.2, 0.25) is 0 Å². The molecule has 0 aliphatic heterocycles. The van der Waals surface area contributed by atoms with E-state index < -0.39 is 36.3 Å². The number of para-hydroxylation sites is 2. The lowest BCUT2D eigenvalue weighted by molar-refractivity contribution is 0.668. The zero-order chi connectivity index (χ0) is 42.9. The SMILES string of the molecule is [2H]c1c([2H])c([2H])c(-c2ccc3c(-c4cccc5oc6ccccc6c45)c4cc(-c5c([2H])c([2H])c([2H])c([2H])c5[2H])ccc4c(-c4ccc5c(c4)oc4ccccc45)c3c2)c([2H])c1[2H]. The van der Waals surface area contributed by atoms with Crippen LogP contribution in [0, 0.1) is 0 Å². The fourth-order valence-electron chi connectivity index (χ4n) is 7.79. The van der Waals surface area contributed by atoms with Crippen LogP contribution in [-0.2, 0) is 0 Å². The molecule has 0 bridgehead atoms. The van der Waals surface area contributed by atoms with Gasteiger partial charge in [0, 0.05) is 21.5 Å². The van der Waals surface area contributed by atoms with Crippen LogP contribution < -0.4 is 0 Å². The van der Waals surface area contributed by atoms with Crippen LogP contribution in [0.25, 0.3) is 110 Å². The predicted molar refractivity (Wildman–Crippen MR) is 218 cm³/mol. The number of hydrogen-bond donors (Lipinski definition) is 0. The summed E-state index contributed by atoms with van der Waals surface area (Å²) >= 11 is 0. The molecule has 9 aromatic carbocycles. The van der Waals surface area contributed by atoms with E-state index >= 15 is 0 Å². The van der Waals surface area contributed by atoms with Gasteiger partial charge in [0.1, 0.15) is 22.3 Å². The van der Waals surface area contributed by atoms with Crippen molar-refractivity contribution in [1.29, 1.82) is 0 Å². The van der Waals surface area contributed by atoms with E-state index in [4.69, 9.17) is 22.5 Å². The molecule has 0 spiro atoms. The number of furan rings is 2. The second kappa shape index (κ2) is 11.3. The molecule has 0 N–H and O–H groups in total. The molecule has 2 heterocycles. The third kappa shape index (κ3) is 4.38. The quantitative estimate of drug-likeness (QED) is 0.174. The highest BCUT2D eigenvalue weighted by atomic mass is 16.3. The van der Waals surface area contributed by atoms with Gasteiger partial charge in [0.2, 0.25) is 0 Å². The normalized spacial score (nSPS) is 14.5. The molecule has 11 rings (SSSR count). The highest BCUT2D eigenvalue weighted by Gasteiger charge is 2.22. The van der Waals surface area contributed by atoms with Gasteiger partial charge in [-0.05, 0) is 109 Å². The summed E-state index contributed by atoms with van der Waals surface area (Å²) in [5.74, 6) is 0. The van der Waals surface area contributed by atoms with Gasteiger partial charge in [0.15, 0.2) is 0 Å². The standard InChI is InChI=1S/C50H30O2/c1-3-12-31(13-4-1)33-23-27-39-42(28-33)48(35-24-25-37-36-16-7-9-19-44(36)52-47(37)30-35)38-26-22-34(32-14-5-2-6-15-32)29-43(38)49(39)41-18-11-21-46-50(41)40-17-8-10-20-45(40)51-46/h1-30H/i1D,2D,3D,4D,5D,6D,12D,13D,14D,15D. The van der Waals surface area contributed by atoms with E-state index in [2.05, 4.69) is 0 Å². The van der Waals surface area contributed by atoms with Gasteiger partial charge >= 0.3 is 0 Å². The first-order valence-corrected chi connectivity index (χ1v) is 16.9. The lowest BCUT2D eigenvalue weighted by Crippen LogP contribution is -1.93. The Balaban J connectivity index is 1.34. The van der Waals surface area contributed by atoms with Gasteiger partial charge in [0.25, 0.3) is 0 Å². The topological polar surface area (TPSA) is 26.3 Å². The first kappa shape index (κ1) is 20.7. The van der Waals surface area contributed by atoms with Crippen LogP contribution in [0.1, 0.15) is 13.7 Å². The number of hydrogen-bond acceptors (Lipinski definition) is 2. The van der Waals surface area contributed by atoms with E-state index in [1.54, 1.807) is 12.1 Å². The molecule has 2 heteroatoms. The maximum Gasteiger partial charge on any atom is 0.136 e. The lowest BCUT2D eigenvalue weighted by Gasteiger charge is -2.20. The largest absolute Gasteiger partial charge is 0.456 e. The minimum Gasteiger partial charge on any atom is -0.456 e. The molecular formula is C50H30O2. The molecule has 0 atom stereocenters. The molecule has 2 aromatic heterocycles. The van der Waals surface area contributed by atoms with Crippen molar-refractivity contribution in [2.75, 3.05) is 0 Å². The molecular weight excluding hydrogens is 633 g/mol. The van der Waals surface area contributed by atoms with Gasteiger partial charge in [-0.2, -0.15) is 0 Å². The van der Waals surface area contributed by atoms with Crippen molar-refractivity contribution >= 4 is 65.4 Å². The van der Waals surface area contributed by atoms with Gasteiger partial charge in [-0.1, -0.05) is 139 Å². The van der Waals surface area contributed by atoms with Crippen molar-refractivity contribution in [3.63, 3.8) is 0 Å². The maximum atomic E-state index is 8.93. The van der Waals surface area contributed by atoms with Crippen molar-refractivity contribution in [2.24, 2.45) is 0 Å². The summed E-state index contributed by atoms with van der Waals surface area (Å²) in [6, 6.07) is 34.6. The summed E-state index contributed by atoms with van der Waals surface area (Å²) in [7, 11) is 0. The third-order valence-electron chi connectivity index (χ3n) is 10.0. The predicted octanol–water partition coefficient (Wildman–Crippen LogP) is 14.5. The fraction of sp³-hybridized carbons (Fsp3) is 0. The monoisotopic (exact) mass is 672 g/mol. The molecule has 0 saturated carbocycles. The molecule has 0 aliphatic rings. The Bertz CT molecular complexity index is 3710. The molecule has 0 unspecified atom stereocenters.